The van der Waals surface area contributed by atoms with Crippen LogP contribution in [-0.2, 0) is 6.54 Å². The van der Waals surface area contributed by atoms with Crippen LogP contribution in [0.1, 0.15) is 47.6 Å². The fourth-order valence-corrected chi connectivity index (χ4v) is 4.51. The summed E-state index contributed by atoms with van der Waals surface area (Å²) >= 11 is 0. The number of fused-ring (bicyclic) bond motifs is 2. The van der Waals surface area contributed by atoms with Gasteiger partial charge in [0.25, 0.3) is 17.0 Å². The second-order valence-electron chi connectivity index (χ2n) is 8.25. The van der Waals surface area contributed by atoms with Crippen LogP contribution in [0.3, 0.4) is 0 Å². The number of nitrogens with one attached hydrogen (secondary N) is 1. The molecule has 1 aliphatic heterocycles. The monoisotopic (exact) mass is 432 g/mol. The number of aromatic nitrogens is 5. The van der Waals surface area contributed by atoms with Gasteiger partial charge in [0.15, 0.2) is 11.3 Å². The van der Waals surface area contributed by atoms with Crippen LogP contribution in [-0.4, -0.2) is 48.3 Å². The molecule has 4 heterocycles. The lowest BCUT2D eigenvalue weighted by atomic mass is 9.94. The first-order chi connectivity index (χ1) is 15.5. The van der Waals surface area contributed by atoms with E-state index >= 15 is 0 Å². The smallest absolute Gasteiger partial charge is 0.274 e. The summed E-state index contributed by atoms with van der Waals surface area (Å²) < 4.78 is 2.78. The van der Waals surface area contributed by atoms with E-state index in [1.54, 1.807) is 30.0 Å². The van der Waals surface area contributed by atoms with Crippen molar-refractivity contribution in [3.05, 3.63) is 74.2 Å². The van der Waals surface area contributed by atoms with Gasteiger partial charge in [-0.2, -0.15) is 5.10 Å². The molecule has 0 radical (unpaired) electrons. The fourth-order valence-electron chi connectivity index (χ4n) is 4.51. The molecule has 4 aromatic rings. The summed E-state index contributed by atoms with van der Waals surface area (Å²) in [5, 5.41) is 8.63. The lowest BCUT2D eigenvalue weighted by Gasteiger charge is -2.32. The minimum Gasteiger partial charge on any atom is -0.337 e. The molecular weight excluding hydrogens is 408 g/mol. The molecule has 1 N–H and O–H groups in total. The van der Waals surface area contributed by atoms with E-state index in [1.807, 2.05) is 19.1 Å². The van der Waals surface area contributed by atoms with Crippen LogP contribution in [0.25, 0.3) is 16.4 Å². The van der Waals surface area contributed by atoms with Crippen molar-refractivity contribution >= 4 is 22.3 Å². The quantitative estimate of drug-likeness (QED) is 0.534. The molecule has 0 bridgehead atoms. The van der Waals surface area contributed by atoms with Crippen molar-refractivity contribution < 1.29 is 4.79 Å². The molecule has 9 heteroatoms. The maximum absolute atomic E-state index is 13.5. The maximum atomic E-state index is 13.5. The number of aromatic amines is 1. The number of aryl methyl sites for hydroxylation is 2. The molecule has 0 spiro atoms. The minimum atomic E-state index is -0.192. The van der Waals surface area contributed by atoms with Gasteiger partial charge in [-0.05, 0) is 32.8 Å². The molecule has 0 aliphatic carbocycles. The van der Waals surface area contributed by atoms with E-state index in [0.717, 1.165) is 18.5 Å². The summed E-state index contributed by atoms with van der Waals surface area (Å²) in [7, 11) is 0. The van der Waals surface area contributed by atoms with E-state index in [9.17, 15) is 14.4 Å². The van der Waals surface area contributed by atoms with E-state index in [1.165, 1.54) is 15.3 Å². The second kappa shape index (κ2) is 7.74. The highest BCUT2D eigenvalue weighted by Gasteiger charge is 2.29. The number of piperidine rings is 1. The highest BCUT2D eigenvalue weighted by molar-refractivity contribution is 6.04. The Morgan fingerprint density at radius 3 is 2.75 bits per heavy atom. The number of carbonyl (C=O) groups excluding carboxylic acids is 1. The molecule has 0 saturated carbocycles. The molecule has 9 nitrogen and oxygen atoms in total. The molecule has 1 fully saturated rings. The number of amides is 1. The molecule has 1 unspecified atom stereocenters. The first-order valence-corrected chi connectivity index (χ1v) is 10.8. The summed E-state index contributed by atoms with van der Waals surface area (Å²) in [5.41, 5.74) is 2.09. The van der Waals surface area contributed by atoms with Gasteiger partial charge in [-0.25, -0.2) is 14.2 Å². The van der Waals surface area contributed by atoms with Gasteiger partial charge in [-0.1, -0.05) is 18.2 Å². The van der Waals surface area contributed by atoms with Crippen molar-refractivity contribution in [3.8, 4) is 0 Å². The van der Waals surface area contributed by atoms with Gasteiger partial charge in [-0.3, -0.25) is 19.5 Å². The normalized spacial score (nSPS) is 16.7. The third-order valence-electron chi connectivity index (χ3n) is 6.12. The van der Waals surface area contributed by atoms with Gasteiger partial charge in [0.05, 0.1) is 5.39 Å². The van der Waals surface area contributed by atoms with Crippen molar-refractivity contribution in [2.75, 3.05) is 13.1 Å². The Kier molecular flexibility index (Phi) is 4.88. The van der Waals surface area contributed by atoms with E-state index < -0.39 is 0 Å². The van der Waals surface area contributed by atoms with Crippen molar-refractivity contribution in [2.24, 2.45) is 0 Å². The highest BCUT2D eigenvalue weighted by Crippen LogP contribution is 2.28. The zero-order valence-electron chi connectivity index (χ0n) is 18.0. The highest BCUT2D eigenvalue weighted by atomic mass is 16.2. The topological polar surface area (TPSA) is 105 Å². The predicted octanol–water partition coefficient (Wildman–Crippen LogP) is 2.08. The number of nitrogens with zero attached hydrogens (tertiary/aromatic N) is 5. The van der Waals surface area contributed by atoms with Gasteiger partial charge in [0, 0.05) is 54.5 Å². The van der Waals surface area contributed by atoms with Crippen molar-refractivity contribution in [1.29, 1.82) is 0 Å². The third kappa shape index (κ3) is 3.30. The maximum Gasteiger partial charge on any atom is 0.274 e. The molecule has 1 saturated heterocycles. The fraction of sp³-hybridized carbons (Fsp3) is 0.348. The Bertz CT molecular complexity index is 1460. The Balaban J connectivity index is 1.50. The summed E-state index contributed by atoms with van der Waals surface area (Å²) in [6, 6.07) is 10.5. The lowest BCUT2D eigenvalue weighted by Crippen LogP contribution is -2.40. The summed E-state index contributed by atoms with van der Waals surface area (Å²) in [5.74, 6) is -0.132. The van der Waals surface area contributed by atoms with E-state index in [0.29, 0.717) is 47.4 Å². The van der Waals surface area contributed by atoms with Crippen LogP contribution in [0.5, 0.6) is 0 Å². The van der Waals surface area contributed by atoms with Gasteiger partial charge < -0.3 is 4.90 Å². The molecule has 1 atom stereocenters. The Morgan fingerprint density at radius 2 is 1.97 bits per heavy atom. The molecular formula is C23H24N6O3. The first kappa shape index (κ1) is 20.2. The van der Waals surface area contributed by atoms with Crippen molar-refractivity contribution in [1.82, 2.24) is 29.3 Å². The summed E-state index contributed by atoms with van der Waals surface area (Å²) in [4.78, 5) is 44.6. The second-order valence-corrected chi connectivity index (χ2v) is 8.25. The number of likely N-dealkylation sites (tertiary alicyclic amines) is 1. The van der Waals surface area contributed by atoms with Gasteiger partial charge in [0.2, 0.25) is 0 Å². The number of hydrogen-bond donors (Lipinski definition) is 1. The van der Waals surface area contributed by atoms with Crippen molar-refractivity contribution in [3.63, 3.8) is 0 Å². The minimum absolute atomic E-state index is 0.0532. The standard InChI is InChI=1S/C23H24N6O3/c1-3-28-22(31)17-9-5-4-8-16(17)21(26-28)23(32)27-10-6-7-15(13-27)18-12-19-24-14(2)11-20(30)29(19)25-18/h4-5,8-9,11-12,15,25H,3,6-7,10,13H2,1-2H3. The molecule has 1 aliphatic rings. The third-order valence-corrected chi connectivity index (χ3v) is 6.12. The van der Waals surface area contributed by atoms with Crippen LogP contribution in [0.15, 0.2) is 46.0 Å². The summed E-state index contributed by atoms with van der Waals surface area (Å²) in [6.07, 6.45) is 1.73. The van der Waals surface area contributed by atoms with E-state index in [-0.39, 0.29) is 22.9 Å². The molecule has 1 amide bonds. The SMILES string of the molecule is CCn1nc(C(=O)N2CCCC(c3cc4nc(C)cc(=O)n4[nH]3)C2)c2ccccc2c1=O. The van der Waals surface area contributed by atoms with E-state index in [4.69, 9.17) is 0 Å². The van der Waals surface area contributed by atoms with Crippen molar-refractivity contribution in [2.45, 2.75) is 39.2 Å². The van der Waals surface area contributed by atoms with Gasteiger partial charge >= 0.3 is 0 Å². The number of hydrogen-bond acceptors (Lipinski definition) is 5. The largest absolute Gasteiger partial charge is 0.337 e. The molecule has 5 rings (SSSR count). The molecule has 32 heavy (non-hydrogen) atoms. The van der Waals surface area contributed by atoms with Crippen LogP contribution in [0, 0.1) is 6.92 Å². The zero-order valence-corrected chi connectivity index (χ0v) is 18.0. The van der Waals surface area contributed by atoms with Gasteiger partial charge in [0.1, 0.15) is 0 Å². The molecule has 3 aromatic heterocycles. The number of carbonyl (C=O) groups is 1. The van der Waals surface area contributed by atoms with E-state index in [2.05, 4.69) is 15.2 Å². The van der Waals surface area contributed by atoms with Gasteiger partial charge in [-0.15, -0.1) is 0 Å². The summed E-state index contributed by atoms with van der Waals surface area (Å²) in [6.45, 7) is 5.14. The molecule has 164 valence electrons. The number of H-pyrrole nitrogens is 1. The Labute approximate surface area is 183 Å². The van der Waals surface area contributed by atoms with Crippen LogP contribution in [0.4, 0.5) is 0 Å². The lowest BCUT2D eigenvalue weighted by molar-refractivity contribution is 0.0699. The molecule has 1 aromatic carbocycles. The predicted molar refractivity (Wildman–Crippen MR) is 120 cm³/mol. The Hall–Kier alpha value is -3.75. The Morgan fingerprint density at radius 1 is 1.19 bits per heavy atom. The van der Waals surface area contributed by atoms with Crippen LogP contribution in [0.2, 0.25) is 0 Å². The average Bonchev–Trinajstić information content (AvgIpc) is 3.24. The van der Waals surface area contributed by atoms with Crippen LogP contribution >= 0.6 is 0 Å². The average molecular weight is 432 g/mol. The van der Waals surface area contributed by atoms with Crippen LogP contribution < -0.4 is 11.1 Å². The number of benzene rings is 1. The zero-order chi connectivity index (χ0) is 22.4. The first-order valence-electron chi connectivity index (χ1n) is 10.8. The number of rotatable bonds is 3.